The maximum absolute atomic E-state index is 11.1. The maximum Gasteiger partial charge on any atom is 0.308 e. The van der Waals surface area contributed by atoms with Gasteiger partial charge in [0.05, 0.1) is 106 Å². The number of rotatable bonds is 26. The van der Waals surface area contributed by atoms with Crippen LogP contribution in [0, 0.1) is 0 Å². The first kappa shape index (κ1) is 32.0. The molecule has 0 aliphatic rings. The van der Waals surface area contributed by atoms with Crippen molar-refractivity contribution in [2.24, 2.45) is 0 Å². The molecule has 0 fully saturated rings. The number of hydrogen-bond donors (Lipinski definition) is 1. The van der Waals surface area contributed by atoms with E-state index < -0.39 is 0 Å². The number of nitrogens with two attached hydrogens (primary N) is 1. The minimum absolute atomic E-state index is 0.249. The van der Waals surface area contributed by atoms with Gasteiger partial charge in [-0.05, 0) is 31.2 Å². The lowest BCUT2D eigenvalue weighted by Gasteiger charge is -2.09. The van der Waals surface area contributed by atoms with E-state index in [0.29, 0.717) is 111 Å². The lowest BCUT2D eigenvalue weighted by atomic mass is 10.3. The van der Waals surface area contributed by atoms with Gasteiger partial charge in [-0.1, -0.05) is 0 Å². The van der Waals surface area contributed by atoms with Gasteiger partial charge in [-0.25, -0.2) is 0 Å². The number of hydrogen-bond acceptors (Lipinski definition) is 11. The molecule has 11 nitrogen and oxygen atoms in total. The van der Waals surface area contributed by atoms with E-state index in [-0.39, 0.29) is 12.4 Å². The Labute approximate surface area is 214 Å². The van der Waals surface area contributed by atoms with Crippen molar-refractivity contribution in [3.8, 4) is 5.75 Å². The third kappa shape index (κ3) is 21.3. The van der Waals surface area contributed by atoms with Gasteiger partial charge >= 0.3 is 5.97 Å². The van der Waals surface area contributed by atoms with E-state index in [9.17, 15) is 4.79 Å². The molecule has 0 amide bonds. The smallest absolute Gasteiger partial charge is 0.308 e. The Morgan fingerprint density at radius 1 is 0.583 bits per heavy atom. The van der Waals surface area contributed by atoms with Crippen LogP contribution in [0.4, 0.5) is 5.69 Å². The van der Waals surface area contributed by atoms with Crippen LogP contribution in [-0.2, 0) is 42.7 Å². The molecule has 1 aromatic rings. The van der Waals surface area contributed by atoms with Crippen molar-refractivity contribution in [1.29, 1.82) is 0 Å². The molecule has 0 aliphatic heterocycles. The SMILES string of the molecule is CCOC(=O)CCOCCOCCOCCOCCOCCOCCOCCOc1ccc(N)cc1. The van der Waals surface area contributed by atoms with E-state index in [4.69, 9.17) is 48.4 Å². The molecule has 0 saturated heterocycles. The Balaban J connectivity index is 1.67. The molecule has 36 heavy (non-hydrogen) atoms. The Hall–Kier alpha value is -1.99. The molecule has 0 aromatic heterocycles. The molecular weight excluding hydrogens is 474 g/mol. The van der Waals surface area contributed by atoms with Gasteiger partial charge in [-0.3, -0.25) is 4.79 Å². The van der Waals surface area contributed by atoms with Gasteiger partial charge < -0.3 is 48.4 Å². The van der Waals surface area contributed by atoms with E-state index >= 15 is 0 Å². The van der Waals surface area contributed by atoms with Crippen LogP contribution >= 0.6 is 0 Å². The fraction of sp³-hybridized carbons (Fsp3) is 0.720. The topological polar surface area (TPSA) is 126 Å². The predicted molar refractivity (Wildman–Crippen MR) is 133 cm³/mol. The van der Waals surface area contributed by atoms with E-state index in [0.717, 1.165) is 5.75 Å². The van der Waals surface area contributed by atoms with Crippen LogP contribution in [0.1, 0.15) is 13.3 Å². The fourth-order valence-corrected chi connectivity index (χ4v) is 2.59. The van der Waals surface area contributed by atoms with Gasteiger partial charge in [0, 0.05) is 5.69 Å². The summed E-state index contributed by atoms with van der Waals surface area (Å²) in [6, 6.07) is 7.25. The zero-order valence-corrected chi connectivity index (χ0v) is 21.5. The van der Waals surface area contributed by atoms with Crippen molar-refractivity contribution in [2.75, 3.05) is 111 Å². The Bertz CT molecular complexity index is 617. The molecule has 0 spiro atoms. The van der Waals surface area contributed by atoms with Crippen molar-refractivity contribution in [1.82, 2.24) is 0 Å². The van der Waals surface area contributed by atoms with Crippen molar-refractivity contribution in [3.63, 3.8) is 0 Å². The first-order chi connectivity index (χ1) is 17.7. The van der Waals surface area contributed by atoms with E-state index in [1.807, 2.05) is 12.1 Å². The van der Waals surface area contributed by atoms with Gasteiger partial charge in [-0.15, -0.1) is 0 Å². The molecule has 1 aromatic carbocycles. The summed E-state index contributed by atoms with van der Waals surface area (Å²) in [5, 5.41) is 0. The zero-order valence-electron chi connectivity index (χ0n) is 21.5. The summed E-state index contributed by atoms with van der Waals surface area (Å²) in [4.78, 5) is 11.1. The molecule has 0 heterocycles. The average molecular weight is 518 g/mol. The molecule has 0 aliphatic carbocycles. The van der Waals surface area contributed by atoms with Crippen LogP contribution in [0.2, 0.25) is 0 Å². The number of esters is 1. The van der Waals surface area contributed by atoms with E-state index in [2.05, 4.69) is 0 Å². The predicted octanol–water partition coefficient (Wildman–Crippen LogP) is 1.72. The Morgan fingerprint density at radius 2 is 0.944 bits per heavy atom. The summed E-state index contributed by atoms with van der Waals surface area (Å²) in [6.45, 7) is 9.33. The third-order valence-corrected chi connectivity index (χ3v) is 4.36. The molecule has 0 radical (unpaired) electrons. The monoisotopic (exact) mass is 517 g/mol. The highest BCUT2D eigenvalue weighted by Crippen LogP contribution is 2.12. The highest BCUT2D eigenvalue weighted by atomic mass is 16.6. The van der Waals surface area contributed by atoms with Crippen molar-refractivity contribution in [3.05, 3.63) is 24.3 Å². The largest absolute Gasteiger partial charge is 0.491 e. The number of carbonyl (C=O) groups is 1. The summed E-state index contributed by atoms with van der Waals surface area (Å²) in [7, 11) is 0. The molecule has 0 bridgehead atoms. The van der Waals surface area contributed by atoms with Gasteiger partial charge in [0.2, 0.25) is 0 Å². The van der Waals surface area contributed by atoms with E-state index in [1.54, 1.807) is 19.1 Å². The van der Waals surface area contributed by atoms with Gasteiger partial charge in [-0.2, -0.15) is 0 Å². The minimum Gasteiger partial charge on any atom is -0.491 e. The zero-order chi connectivity index (χ0) is 25.9. The van der Waals surface area contributed by atoms with Crippen LogP contribution in [0.25, 0.3) is 0 Å². The first-order valence-corrected chi connectivity index (χ1v) is 12.4. The van der Waals surface area contributed by atoms with Crippen LogP contribution < -0.4 is 10.5 Å². The minimum atomic E-state index is -0.249. The van der Waals surface area contributed by atoms with Crippen LogP contribution in [0.15, 0.2) is 24.3 Å². The number of nitrogen functional groups attached to an aromatic ring is 1. The van der Waals surface area contributed by atoms with Crippen LogP contribution in [0.3, 0.4) is 0 Å². The van der Waals surface area contributed by atoms with Crippen molar-refractivity contribution in [2.45, 2.75) is 13.3 Å². The lowest BCUT2D eigenvalue weighted by Crippen LogP contribution is -2.15. The third-order valence-electron chi connectivity index (χ3n) is 4.36. The summed E-state index contributed by atoms with van der Waals surface area (Å²) in [6.07, 6.45) is 0.259. The molecule has 1 rings (SSSR count). The standard InChI is InChI=1S/C25H43NO10/c1-2-35-25(27)7-8-28-9-10-29-11-12-30-13-14-31-15-16-32-17-18-33-19-20-34-21-22-36-24-5-3-23(26)4-6-24/h3-6H,2,7-22,26H2,1H3. The maximum atomic E-state index is 11.1. The average Bonchev–Trinajstić information content (AvgIpc) is 2.88. The molecule has 11 heteroatoms. The molecule has 0 saturated carbocycles. The Kier molecular flexibility index (Phi) is 22.0. The van der Waals surface area contributed by atoms with Crippen LogP contribution in [-0.4, -0.2) is 112 Å². The van der Waals surface area contributed by atoms with E-state index in [1.165, 1.54) is 0 Å². The lowest BCUT2D eigenvalue weighted by molar-refractivity contribution is -0.144. The normalized spacial score (nSPS) is 11.0. The van der Waals surface area contributed by atoms with Gasteiger partial charge in [0.1, 0.15) is 12.4 Å². The second kappa shape index (κ2) is 24.7. The molecule has 2 N–H and O–H groups in total. The second-order valence-electron chi connectivity index (χ2n) is 7.26. The Morgan fingerprint density at radius 3 is 1.33 bits per heavy atom. The summed E-state index contributed by atoms with van der Waals surface area (Å²) in [5.41, 5.74) is 6.33. The molecule has 0 atom stereocenters. The highest BCUT2D eigenvalue weighted by Gasteiger charge is 2.00. The fourth-order valence-electron chi connectivity index (χ4n) is 2.59. The van der Waals surface area contributed by atoms with Gasteiger partial charge in [0.25, 0.3) is 0 Å². The number of ether oxygens (including phenoxy) is 9. The van der Waals surface area contributed by atoms with Crippen molar-refractivity contribution >= 4 is 11.7 Å². The summed E-state index contributed by atoms with van der Waals surface area (Å²) < 4.78 is 48.2. The molecule has 208 valence electrons. The molecule has 0 unspecified atom stereocenters. The second-order valence-corrected chi connectivity index (χ2v) is 7.26. The summed E-state index contributed by atoms with van der Waals surface area (Å²) >= 11 is 0. The van der Waals surface area contributed by atoms with Crippen LogP contribution in [0.5, 0.6) is 5.75 Å². The first-order valence-electron chi connectivity index (χ1n) is 12.4. The quantitative estimate of drug-likeness (QED) is 0.110. The number of carbonyl (C=O) groups excluding carboxylic acids is 1. The number of benzene rings is 1. The van der Waals surface area contributed by atoms with Gasteiger partial charge in [0.15, 0.2) is 0 Å². The summed E-state index contributed by atoms with van der Waals surface area (Å²) in [5.74, 6) is 0.521. The highest BCUT2D eigenvalue weighted by molar-refractivity contribution is 5.69. The van der Waals surface area contributed by atoms with Crippen molar-refractivity contribution < 1.29 is 47.4 Å². The molecular formula is C25H43NO10. The number of anilines is 1.